The maximum atomic E-state index is 12.3. The lowest BCUT2D eigenvalue weighted by Crippen LogP contribution is -2.15. The van der Waals surface area contributed by atoms with Crippen LogP contribution in [0.3, 0.4) is 0 Å². The Morgan fingerprint density at radius 1 is 1.27 bits per heavy atom. The largest absolute Gasteiger partial charge is 0.495 e. The minimum Gasteiger partial charge on any atom is -0.495 e. The average Bonchev–Trinajstić information content (AvgIpc) is 2.63. The van der Waals surface area contributed by atoms with Crippen LogP contribution in [0.25, 0.3) is 0 Å². The summed E-state index contributed by atoms with van der Waals surface area (Å²) in [5, 5.41) is 25.5. The number of carbonyl (C=O) groups excluding carboxylic acids is 1. The van der Waals surface area contributed by atoms with Gasteiger partial charge in [-0.3, -0.25) is 14.9 Å². The molecule has 2 rings (SSSR count). The van der Waals surface area contributed by atoms with Crippen LogP contribution in [0.5, 0.6) is 5.75 Å². The first kappa shape index (κ1) is 18.5. The summed E-state index contributed by atoms with van der Waals surface area (Å²) in [6, 6.07) is 12.9. The van der Waals surface area contributed by atoms with Crippen LogP contribution in [0.15, 0.2) is 54.2 Å². The number of hydrogen-bond acceptors (Lipinski definition) is 6. The number of nitro groups is 1. The van der Waals surface area contributed by atoms with Gasteiger partial charge in [-0.1, -0.05) is 18.2 Å². The summed E-state index contributed by atoms with van der Waals surface area (Å²) in [7, 11) is 1.41. The number of para-hydroxylation sites is 1. The minimum absolute atomic E-state index is 0.149. The molecule has 0 radical (unpaired) electrons. The molecule has 0 fully saturated rings. The van der Waals surface area contributed by atoms with Gasteiger partial charge < -0.3 is 15.4 Å². The molecule has 132 valence electrons. The van der Waals surface area contributed by atoms with Crippen LogP contribution in [0.2, 0.25) is 0 Å². The van der Waals surface area contributed by atoms with Crippen molar-refractivity contribution in [2.24, 2.45) is 0 Å². The maximum absolute atomic E-state index is 12.3. The van der Waals surface area contributed by atoms with Crippen molar-refractivity contribution in [1.29, 1.82) is 5.26 Å². The van der Waals surface area contributed by atoms with Crippen molar-refractivity contribution in [1.82, 2.24) is 0 Å². The molecule has 0 aliphatic carbocycles. The number of nitrogens with one attached hydrogen (secondary N) is 2. The van der Waals surface area contributed by atoms with E-state index >= 15 is 0 Å². The fourth-order valence-electron chi connectivity index (χ4n) is 2.12. The third-order valence-corrected chi connectivity index (χ3v) is 3.52. The van der Waals surface area contributed by atoms with E-state index in [0.717, 1.165) is 5.56 Å². The van der Waals surface area contributed by atoms with Gasteiger partial charge >= 0.3 is 0 Å². The van der Waals surface area contributed by atoms with Crippen LogP contribution >= 0.6 is 0 Å². The van der Waals surface area contributed by atoms with E-state index in [0.29, 0.717) is 11.4 Å². The van der Waals surface area contributed by atoms with Crippen molar-refractivity contribution in [2.75, 3.05) is 17.7 Å². The molecule has 0 aliphatic heterocycles. The number of benzene rings is 2. The molecule has 0 bridgehead atoms. The molecule has 1 amide bonds. The van der Waals surface area contributed by atoms with Gasteiger partial charge in [0.2, 0.25) is 0 Å². The van der Waals surface area contributed by atoms with Crippen molar-refractivity contribution in [3.05, 3.63) is 69.9 Å². The molecule has 26 heavy (non-hydrogen) atoms. The second-order valence-electron chi connectivity index (χ2n) is 5.22. The maximum Gasteiger partial charge on any atom is 0.271 e. The Balaban J connectivity index is 2.23. The van der Waals surface area contributed by atoms with Crippen LogP contribution in [0.1, 0.15) is 5.56 Å². The fraction of sp³-hybridized carbons (Fsp3) is 0.111. The number of anilines is 2. The molecule has 0 heterocycles. The zero-order chi connectivity index (χ0) is 19.1. The van der Waals surface area contributed by atoms with Crippen LogP contribution < -0.4 is 15.4 Å². The fourth-order valence-corrected chi connectivity index (χ4v) is 2.12. The van der Waals surface area contributed by atoms with Crippen LogP contribution in [0.4, 0.5) is 17.1 Å². The molecule has 0 aliphatic rings. The zero-order valence-corrected chi connectivity index (χ0v) is 14.1. The van der Waals surface area contributed by atoms with Gasteiger partial charge in [0, 0.05) is 24.0 Å². The highest BCUT2D eigenvalue weighted by Crippen LogP contribution is 2.29. The average molecular weight is 352 g/mol. The molecule has 2 N–H and O–H groups in total. The number of nitro benzene ring substituents is 1. The highest BCUT2D eigenvalue weighted by atomic mass is 16.6. The lowest BCUT2D eigenvalue weighted by Gasteiger charge is -2.09. The number of non-ortho nitro benzene ring substituents is 1. The van der Waals surface area contributed by atoms with Gasteiger partial charge in [0.25, 0.3) is 11.6 Å². The first-order valence-electron chi connectivity index (χ1n) is 7.52. The number of nitrogens with zero attached hydrogens (tertiary/aromatic N) is 2. The number of methoxy groups -OCH3 is 1. The topological polar surface area (TPSA) is 117 Å². The summed E-state index contributed by atoms with van der Waals surface area (Å²) in [6.07, 6.45) is 1.18. The molecular formula is C18H16N4O4. The number of amides is 1. The molecule has 2 aromatic rings. The van der Waals surface area contributed by atoms with Crippen molar-refractivity contribution >= 4 is 23.0 Å². The smallest absolute Gasteiger partial charge is 0.271 e. The van der Waals surface area contributed by atoms with E-state index in [1.54, 1.807) is 18.2 Å². The molecule has 0 saturated carbocycles. The van der Waals surface area contributed by atoms with E-state index in [4.69, 9.17) is 4.74 Å². The van der Waals surface area contributed by atoms with E-state index < -0.39 is 10.8 Å². The molecule has 0 aromatic heterocycles. The Morgan fingerprint density at radius 2 is 2.00 bits per heavy atom. The monoisotopic (exact) mass is 352 g/mol. The second kappa shape index (κ2) is 8.30. The van der Waals surface area contributed by atoms with Gasteiger partial charge in [-0.25, -0.2) is 0 Å². The highest BCUT2D eigenvalue weighted by Gasteiger charge is 2.13. The van der Waals surface area contributed by atoms with Crippen molar-refractivity contribution in [2.45, 2.75) is 6.92 Å². The molecule has 0 spiro atoms. The predicted molar refractivity (Wildman–Crippen MR) is 96.8 cm³/mol. The Morgan fingerprint density at radius 3 is 2.62 bits per heavy atom. The van der Waals surface area contributed by atoms with Crippen LogP contribution in [-0.2, 0) is 4.79 Å². The first-order valence-corrected chi connectivity index (χ1v) is 7.52. The van der Waals surface area contributed by atoms with Gasteiger partial charge in [-0.05, 0) is 24.6 Å². The summed E-state index contributed by atoms with van der Waals surface area (Å²) >= 11 is 0. The zero-order valence-electron chi connectivity index (χ0n) is 14.1. The van der Waals surface area contributed by atoms with Crippen molar-refractivity contribution in [3.63, 3.8) is 0 Å². The molecule has 0 atom stereocenters. The summed E-state index contributed by atoms with van der Waals surface area (Å²) < 4.78 is 5.12. The number of nitriles is 1. The van der Waals surface area contributed by atoms with E-state index in [1.165, 1.54) is 31.5 Å². The Bertz CT molecular complexity index is 916. The third-order valence-electron chi connectivity index (χ3n) is 3.52. The molecule has 2 aromatic carbocycles. The van der Waals surface area contributed by atoms with E-state index in [-0.39, 0.29) is 16.9 Å². The van der Waals surface area contributed by atoms with Crippen molar-refractivity contribution in [3.8, 4) is 11.8 Å². The van der Waals surface area contributed by atoms with Crippen molar-refractivity contribution < 1.29 is 14.5 Å². The first-order chi connectivity index (χ1) is 12.5. The summed E-state index contributed by atoms with van der Waals surface area (Å²) in [5.74, 6) is -0.262. The number of hydrogen-bond donors (Lipinski definition) is 2. The quantitative estimate of drug-likeness (QED) is 0.356. The van der Waals surface area contributed by atoms with E-state index in [1.807, 2.05) is 19.1 Å². The number of ether oxygens (including phenoxy) is 1. The van der Waals surface area contributed by atoms with Gasteiger partial charge in [-0.15, -0.1) is 0 Å². The Kier molecular flexibility index (Phi) is 5.90. The standard InChI is InChI=1S/C18H16N4O4/c1-12-5-3-4-6-15(12)21-18(23)13(10-19)11-20-16-9-14(22(24)25)7-8-17(16)26-2/h3-9,11,20H,1-2H3,(H,21,23)/b13-11-. The molecule has 0 saturated heterocycles. The molecule has 0 unspecified atom stereocenters. The molecule has 8 nitrogen and oxygen atoms in total. The highest BCUT2D eigenvalue weighted by molar-refractivity contribution is 6.07. The Labute approximate surface area is 149 Å². The summed E-state index contributed by atoms with van der Waals surface area (Å²) in [6.45, 7) is 1.83. The lowest BCUT2D eigenvalue weighted by molar-refractivity contribution is -0.384. The van der Waals surface area contributed by atoms with Crippen LogP contribution in [0, 0.1) is 28.4 Å². The van der Waals surface area contributed by atoms with Gasteiger partial charge in [0.1, 0.15) is 17.4 Å². The lowest BCUT2D eigenvalue weighted by atomic mass is 10.2. The Hall–Kier alpha value is -3.86. The number of carbonyl (C=O) groups is 1. The van der Waals surface area contributed by atoms with Gasteiger partial charge in [0.05, 0.1) is 17.7 Å². The summed E-state index contributed by atoms with van der Waals surface area (Å²) in [5.41, 5.74) is 1.36. The van der Waals surface area contributed by atoms with E-state index in [9.17, 15) is 20.2 Å². The third kappa shape index (κ3) is 4.36. The molecular weight excluding hydrogens is 336 g/mol. The van der Waals surface area contributed by atoms with Gasteiger partial charge in [-0.2, -0.15) is 5.26 Å². The normalized spacial score (nSPS) is 10.6. The number of rotatable bonds is 6. The number of aryl methyl sites for hydroxylation is 1. The van der Waals surface area contributed by atoms with Crippen LogP contribution in [-0.4, -0.2) is 17.9 Å². The minimum atomic E-state index is -0.598. The summed E-state index contributed by atoms with van der Waals surface area (Å²) in [4.78, 5) is 22.6. The van der Waals surface area contributed by atoms with Gasteiger partial charge in [0.15, 0.2) is 0 Å². The molecule has 8 heteroatoms. The van der Waals surface area contributed by atoms with E-state index in [2.05, 4.69) is 10.6 Å². The second-order valence-corrected chi connectivity index (χ2v) is 5.22. The predicted octanol–water partition coefficient (Wildman–Crippen LogP) is 3.37. The SMILES string of the molecule is COc1ccc([N+](=O)[O-])cc1N/C=C(/C#N)C(=O)Nc1ccccc1C.